The van der Waals surface area contributed by atoms with E-state index in [2.05, 4.69) is 32.4 Å². The Kier molecular flexibility index (Phi) is 6.45. The molecule has 0 aliphatic carbocycles. The van der Waals surface area contributed by atoms with Gasteiger partial charge in [0.25, 0.3) is 11.8 Å². The largest absolute Gasteiger partial charge is 0.438 e. The Morgan fingerprint density at radius 2 is 1.67 bits per heavy atom. The van der Waals surface area contributed by atoms with Gasteiger partial charge in [-0.3, -0.25) is 35.0 Å². The molecule has 0 radical (unpaired) electrons. The number of hydrogen-bond donors (Lipinski definition) is 3. The van der Waals surface area contributed by atoms with Gasteiger partial charge in [-0.05, 0) is 42.4 Å². The average molecular weight is 495 g/mol. The summed E-state index contributed by atoms with van der Waals surface area (Å²) in [5.41, 5.74) is -0.384. The van der Waals surface area contributed by atoms with E-state index < -0.39 is 23.4 Å². The van der Waals surface area contributed by atoms with Gasteiger partial charge in [0, 0.05) is 32.7 Å². The van der Waals surface area contributed by atoms with E-state index >= 15 is 0 Å². The van der Waals surface area contributed by atoms with E-state index in [0.29, 0.717) is 25.4 Å². The van der Waals surface area contributed by atoms with Crippen LogP contribution < -0.4 is 15.4 Å². The highest BCUT2D eigenvalue weighted by molar-refractivity contribution is 6.22. The minimum Gasteiger partial charge on any atom is -0.438 e. The van der Waals surface area contributed by atoms with E-state index in [1.807, 2.05) is 24.3 Å². The number of aliphatic hydroxyl groups is 1. The maximum Gasteiger partial charge on any atom is 0.328 e. The summed E-state index contributed by atoms with van der Waals surface area (Å²) in [6.07, 6.45) is 5.23. The molecule has 1 aromatic heterocycles. The second-order valence-corrected chi connectivity index (χ2v) is 9.71. The first-order valence-corrected chi connectivity index (χ1v) is 12.2. The number of hydrogen-bond acceptors (Lipinski definition) is 9. The van der Waals surface area contributed by atoms with Crippen LogP contribution in [0.2, 0.25) is 0 Å². The highest BCUT2D eigenvalue weighted by atomic mass is 16.5. The number of aromatic nitrogens is 2. The summed E-state index contributed by atoms with van der Waals surface area (Å²) in [6, 6.07) is 6.77. The van der Waals surface area contributed by atoms with Gasteiger partial charge in [0.1, 0.15) is 5.75 Å². The number of rotatable bonds is 7. The van der Waals surface area contributed by atoms with Gasteiger partial charge in [-0.15, -0.1) is 0 Å². The van der Waals surface area contributed by atoms with Crippen molar-refractivity contribution >= 4 is 17.8 Å². The van der Waals surface area contributed by atoms with Crippen LogP contribution in [0.1, 0.15) is 31.0 Å². The lowest BCUT2D eigenvalue weighted by Gasteiger charge is -2.56. The van der Waals surface area contributed by atoms with Crippen LogP contribution in [0.5, 0.6) is 11.6 Å². The molecular formula is C25H30N6O5. The van der Waals surface area contributed by atoms with E-state index in [9.17, 15) is 19.5 Å². The van der Waals surface area contributed by atoms with E-state index in [1.165, 1.54) is 18.0 Å². The third-order valence-electron chi connectivity index (χ3n) is 7.50. The van der Waals surface area contributed by atoms with Crippen molar-refractivity contribution in [2.45, 2.75) is 31.7 Å². The Morgan fingerprint density at radius 1 is 1.00 bits per heavy atom. The molecule has 1 aromatic carbocycles. The number of amides is 4. The summed E-state index contributed by atoms with van der Waals surface area (Å²) in [7, 11) is 0. The molecular weight excluding hydrogens is 464 g/mol. The monoisotopic (exact) mass is 494 g/mol. The van der Waals surface area contributed by atoms with Crippen molar-refractivity contribution in [2.75, 3.05) is 39.3 Å². The van der Waals surface area contributed by atoms with Crippen LogP contribution in [0.15, 0.2) is 36.7 Å². The number of imide groups is 2. The Bertz CT molecular complexity index is 1120. The van der Waals surface area contributed by atoms with Crippen LogP contribution in [0, 0.1) is 5.41 Å². The predicted molar refractivity (Wildman–Crippen MR) is 128 cm³/mol. The molecule has 11 heteroatoms. The van der Waals surface area contributed by atoms with Crippen molar-refractivity contribution in [3.8, 4) is 11.6 Å². The number of nitrogens with one attached hydrogen (secondary N) is 2. The van der Waals surface area contributed by atoms with Crippen LogP contribution in [-0.2, 0) is 21.5 Å². The summed E-state index contributed by atoms with van der Waals surface area (Å²) < 4.78 is 5.78. The number of nitrogens with zero attached hydrogens (tertiary/aromatic N) is 4. The minimum atomic E-state index is -1.81. The zero-order chi connectivity index (χ0) is 25.3. The zero-order valence-corrected chi connectivity index (χ0v) is 20.2. The third kappa shape index (κ3) is 4.23. The van der Waals surface area contributed by atoms with E-state index in [4.69, 9.17) is 4.74 Å². The molecule has 4 heterocycles. The fourth-order valence-electron chi connectivity index (χ4n) is 5.51. The quantitative estimate of drug-likeness (QED) is 0.477. The van der Waals surface area contributed by atoms with Gasteiger partial charge in [0.05, 0.1) is 24.7 Å². The van der Waals surface area contributed by atoms with Crippen molar-refractivity contribution in [1.82, 2.24) is 30.4 Å². The summed E-state index contributed by atoms with van der Waals surface area (Å²) in [5, 5.41) is 13.7. The van der Waals surface area contributed by atoms with Gasteiger partial charge in [-0.2, -0.15) is 0 Å². The lowest BCUT2D eigenvalue weighted by molar-refractivity contribution is -0.153. The van der Waals surface area contributed by atoms with Crippen LogP contribution in [0.3, 0.4) is 0 Å². The smallest absolute Gasteiger partial charge is 0.328 e. The molecule has 0 unspecified atom stereocenters. The van der Waals surface area contributed by atoms with Crippen molar-refractivity contribution in [1.29, 1.82) is 0 Å². The predicted octanol–water partition coefficient (Wildman–Crippen LogP) is 0.783. The molecule has 3 N–H and O–H groups in total. The molecule has 2 aromatic rings. The van der Waals surface area contributed by atoms with Gasteiger partial charge < -0.3 is 9.84 Å². The molecule has 3 aliphatic rings. The molecule has 0 bridgehead atoms. The van der Waals surface area contributed by atoms with Gasteiger partial charge in [0.2, 0.25) is 11.4 Å². The van der Waals surface area contributed by atoms with Crippen molar-refractivity contribution in [3.05, 3.63) is 47.9 Å². The number of carbonyl (C=O) groups excluding carboxylic acids is 3. The number of piperidine rings is 1. The van der Waals surface area contributed by atoms with Crippen LogP contribution >= 0.6 is 0 Å². The SMILES string of the molecule is CCc1ccc(Oc2cnc(C3(N4CCC5(CC4)CN(CCO)C5)C(=O)NC(=O)NC3=O)cn2)cc1. The van der Waals surface area contributed by atoms with Crippen LogP contribution in [-0.4, -0.2) is 82.1 Å². The van der Waals surface area contributed by atoms with Gasteiger partial charge in [0.15, 0.2) is 0 Å². The molecule has 5 rings (SSSR count). The number of ether oxygens (including phenoxy) is 1. The molecule has 190 valence electrons. The molecule has 4 amide bonds. The summed E-state index contributed by atoms with van der Waals surface area (Å²) in [4.78, 5) is 51.2. The van der Waals surface area contributed by atoms with Crippen molar-refractivity contribution < 1.29 is 24.2 Å². The number of aryl methyl sites for hydroxylation is 1. The molecule has 0 saturated carbocycles. The maximum atomic E-state index is 13.3. The Labute approximate surface area is 208 Å². The first-order valence-electron chi connectivity index (χ1n) is 12.2. The highest BCUT2D eigenvalue weighted by Crippen LogP contribution is 2.43. The highest BCUT2D eigenvalue weighted by Gasteiger charge is 2.59. The number of aliphatic hydroxyl groups excluding tert-OH is 1. The molecule has 36 heavy (non-hydrogen) atoms. The van der Waals surface area contributed by atoms with Gasteiger partial charge in [-0.1, -0.05) is 19.1 Å². The van der Waals surface area contributed by atoms with Gasteiger partial charge in [-0.25, -0.2) is 9.78 Å². The van der Waals surface area contributed by atoms with E-state index in [0.717, 1.165) is 32.4 Å². The summed E-state index contributed by atoms with van der Waals surface area (Å²) in [5.74, 6) is -0.650. The first kappa shape index (κ1) is 24.3. The lowest BCUT2D eigenvalue weighted by atomic mass is 9.70. The number of β-amino-alcohol motifs (C(OH)–C–C–N with tert-alkyl or cyclic N) is 1. The molecule has 11 nitrogen and oxygen atoms in total. The normalized spacial score (nSPS) is 21.6. The number of likely N-dealkylation sites (tertiary alicyclic amines) is 2. The molecule has 0 atom stereocenters. The Hall–Kier alpha value is -3.41. The Balaban J connectivity index is 1.38. The molecule has 3 aliphatic heterocycles. The van der Waals surface area contributed by atoms with Crippen LogP contribution in [0.4, 0.5) is 4.79 Å². The fourth-order valence-corrected chi connectivity index (χ4v) is 5.51. The molecule has 1 spiro atoms. The first-order chi connectivity index (χ1) is 17.4. The number of benzene rings is 1. The lowest BCUT2D eigenvalue weighted by Crippen LogP contribution is -2.73. The minimum absolute atomic E-state index is 0.112. The number of barbiturate groups is 1. The average Bonchev–Trinajstić information content (AvgIpc) is 2.85. The summed E-state index contributed by atoms with van der Waals surface area (Å²) >= 11 is 0. The maximum absolute atomic E-state index is 13.3. The Morgan fingerprint density at radius 3 is 2.22 bits per heavy atom. The standard InChI is InChI=1S/C25H30N6O5/c1-2-17-3-5-18(6-4-17)36-20-14-26-19(13-27-20)25(21(33)28-23(35)29-22(25)34)31-9-7-24(8-10-31)15-30(16-24)11-12-32/h3-6,13-14,32H,2,7-12,15-16H2,1H3,(H2,28,29,33,34,35). The van der Waals surface area contributed by atoms with Crippen LogP contribution in [0.25, 0.3) is 0 Å². The second-order valence-electron chi connectivity index (χ2n) is 9.71. The zero-order valence-electron chi connectivity index (χ0n) is 20.2. The van der Waals surface area contributed by atoms with E-state index in [1.54, 1.807) is 4.90 Å². The number of urea groups is 1. The number of carbonyl (C=O) groups is 3. The third-order valence-corrected chi connectivity index (χ3v) is 7.50. The second kappa shape index (κ2) is 9.57. The van der Waals surface area contributed by atoms with Gasteiger partial charge >= 0.3 is 6.03 Å². The topological polar surface area (TPSA) is 137 Å². The van der Waals surface area contributed by atoms with Crippen molar-refractivity contribution in [2.24, 2.45) is 5.41 Å². The molecule has 3 saturated heterocycles. The van der Waals surface area contributed by atoms with E-state index in [-0.39, 0.29) is 23.6 Å². The van der Waals surface area contributed by atoms with Crippen molar-refractivity contribution in [3.63, 3.8) is 0 Å². The molecule has 3 fully saturated rings. The fraction of sp³-hybridized carbons (Fsp3) is 0.480. The summed E-state index contributed by atoms with van der Waals surface area (Å²) in [6.45, 7) is 5.57.